The van der Waals surface area contributed by atoms with Crippen molar-refractivity contribution in [2.75, 3.05) is 11.9 Å². The highest BCUT2D eigenvalue weighted by Crippen LogP contribution is 2.34. The third-order valence-corrected chi connectivity index (χ3v) is 4.74. The van der Waals surface area contributed by atoms with Gasteiger partial charge in [0.2, 0.25) is 6.17 Å². The number of nitrogens with zero attached hydrogens (tertiary/aromatic N) is 2. The maximum atomic E-state index is 12.8. The third-order valence-electron chi connectivity index (χ3n) is 4.03. The number of aliphatic imine (C=N–C) groups is 1. The van der Waals surface area contributed by atoms with Crippen LogP contribution in [0.5, 0.6) is 0 Å². The fraction of sp³-hybridized carbons (Fsp3) is 0.235. The quantitative estimate of drug-likeness (QED) is 0.755. The zero-order chi connectivity index (χ0) is 18.1. The van der Waals surface area contributed by atoms with Crippen LogP contribution in [-0.4, -0.2) is 29.9 Å². The van der Waals surface area contributed by atoms with Crippen LogP contribution in [0.3, 0.4) is 0 Å². The molecule has 2 aliphatic rings. The van der Waals surface area contributed by atoms with Crippen LogP contribution in [0.1, 0.15) is 18.4 Å². The fourth-order valence-corrected chi connectivity index (χ4v) is 3.40. The largest absolute Gasteiger partial charge is 0.376 e. The molecule has 0 bridgehead atoms. The first-order valence-corrected chi connectivity index (χ1v) is 8.82. The summed E-state index contributed by atoms with van der Waals surface area (Å²) in [5.74, 6) is -0.275. The van der Waals surface area contributed by atoms with E-state index in [2.05, 4.69) is 10.3 Å². The second kappa shape index (κ2) is 7.15. The lowest BCUT2D eigenvalue weighted by molar-refractivity contribution is -0.119. The van der Waals surface area contributed by atoms with Gasteiger partial charge in [-0.15, -0.1) is 0 Å². The molecule has 0 fully saturated rings. The standard InChI is InChI=1S/C17H16Cl2N4OS/c1-23-13-7-6-9(18)8-11(13)14(10-4-2-3-5-12(10)19)21-15(16(23)24)22-17(20)25/h4-8,15H,2-3H2,1H3,(H3,20,22,25). The molecule has 25 heavy (non-hydrogen) atoms. The zero-order valence-electron chi connectivity index (χ0n) is 13.4. The van der Waals surface area contributed by atoms with Gasteiger partial charge in [-0.25, -0.2) is 4.99 Å². The number of nitrogens with one attached hydrogen (secondary N) is 1. The molecular weight excluding hydrogens is 379 g/mol. The molecule has 5 nitrogen and oxygen atoms in total. The zero-order valence-corrected chi connectivity index (χ0v) is 15.8. The molecule has 1 aromatic rings. The Bertz CT molecular complexity index is 847. The molecule has 130 valence electrons. The molecule has 1 aromatic carbocycles. The fourth-order valence-electron chi connectivity index (χ4n) is 2.84. The lowest BCUT2D eigenvalue weighted by Crippen LogP contribution is -2.47. The van der Waals surface area contributed by atoms with Gasteiger partial charge in [0, 0.05) is 28.2 Å². The van der Waals surface area contributed by atoms with E-state index in [1.54, 1.807) is 25.2 Å². The Balaban J connectivity index is 2.22. The average Bonchev–Trinajstić information content (AvgIpc) is 2.66. The molecule has 1 aliphatic heterocycles. The molecule has 1 unspecified atom stereocenters. The number of nitrogens with two attached hydrogens (primary N) is 1. The van der Waals surface area contributed by atoms with Gasteiger partial charge < -0.3 is 16.0 Å². The van der Waals surface area contributed by atoms with E-state index in [-0.39, 0.29) is 11.0 Å². The summed E-state index contributed by atoms with van der Waals surface area (Å²) in [4.78, 5) is 18.9. The van der Waals surface area contributed by atoms with Crippen molar-refractivity contribution in [1.82, 2.24) is 5.32 Å². The summed E-state index contributed by atoms with van der Waals surface area (Å²) < 4.78 is 0. The van der Waals surface area contributed by atoms with Gasteiger partial charge in [0.15, 0.2) is 5.11 Å². The van der Waals surface area contributed by atoms with Crippen LogP contribution in [0.25, 0.3) is 0 Å². The van der Waals surface area contributed by atoms with E-state index in [1.165, 1.54) is 4.90 Å². The number of carbonyl (C=O) groups is 1. The Morgan fingerprint density at radius 2 is 2.08 bits per heavy atom. The normalized spacial score (nSPS) is 20.1. The summed E-state index contributed by atoms with van der Waals surface area (Å²) in [5, 5.41) is 3.89. The summed E-state index contributed by atoms with van der Waals surface area (Å²) in [6, 6.07) is 5.30. The third kappa shape index (κ3) is 3.56. The number of benzene rings is 1. The number of hydrogen-bond donors (Lipinski definition) is 2. The first kappa shape index (κ1) is 17.9. The Morgan fingerprint density at radius 3 is 2.76 bits per heavy atom. The van der Waals surface area contributed by atoms with E-state index in [1.807, 2.05) is 12.2 Å². The number of amides is 1. The average molecular weight is 395 g/mol. The topological polar surface area (TPSA) is 70.7 Å². The van der Waals surface area contributed by atoms with Gasteiger partial charge in [-0.1, -0.05) is 35.4 Å². The molecule has 1 atom stereocenters. The highest BCUT2D eigenvalue weighted by Gasteiger charge is 2.31. The molecule has 0 radical (unpaired) electrons. The molecule has 3 rings (SSSR count). The molecule has 1 heterocycles. The Morgan fingerprint density at radius 1 is 1.36 bits per heavy atom. The van der Waals surface area contributed by atoms with Crippen LogP contribution < -0.4 is 16.0 Å². The number of allylic oxidation sites excluding steroid dienone is 4. The summed E-state index contributed by atoms with van der Waals surface area (Å²) in [6.45, 7) is 0. The number of likely N-dealkylation sites (N-methyl/N-ethyl adjacent to an activating group) is 1. The van der Waals surface area contributed by atoms with Crippen LogP contribution in [0.2, 0.25) is 5.02 Å². The van der Waals surface area contributed by atoms with Crippen molar-refractivity contribution in [3.63, 3.8) is 0 Å². The minimum Gasteiger partial charge on any atom is -0.376 e. The van der Waals surface area contributed by atoms with Crippen molar-refractivity contribution in [1.29, 1.82) is 0 Å². The number of benzodiazepines with no additional fused rings is 1. The molecule has 0 aromatic heterocycles. The highest BCUT2D eigenvalue weighted by molar-refractivity contribution is 7.80. The van der Waals surface area contributed by atoms with Crippen molar-refractivity contribution in [3.8, 4) is 0 Å². The molecule has 1 aliphatic carbocycles. The van der Waals surface area contributed by atoms with Crippen LogP contribution in [0.15, 0.2) is 45.9 Å². The lowest BCUT2D eigenvalue weighted by Gasteiger charge is -2.21. The van der Waals surface area contributed by atoms with Crippen molar-refractivity contribution in [2.24, 2.45) is 10.7 Å². The minimum absolute atomic E-state index is 0.00176. The van der Waals surface area contributed by atoms with E-state index >= 15 is 0 Å². The second-order valence-corrected chi connectivity index (χ2v) is 6.98. The molecule has 0 saturated carbocycles. The van der Waals surface area contributed by atoms with Gasteiger partial charge in [0.25, 0.3) is 5.91 Å². The van der Waals surface area contributed by atoms with Crippen LogP contribution in [0.4, 0.5) is 5.69 Å². The van der Waals surface area contributed by atoms with Crippen molar-refractivity contribution in [3.05, 3.63) is 51.5 Å². The van der Waals surface area contributed by atoms with Gasteiger partial charge >= 0.3 is 0 Å². The molecule has 8 heteroatoms. The summed E-state index contributed by atoms with van der Waals surface area (Å²) >= 11 is 17.5. The summed E-state index contributed by atoms with van der Waals surface area (Å²) in [5.41, 5.74) is 8.35. The Hall–Kier alpha value is -1.89. The monoisotopic (exact) mass is 394 g/mol. The van der Waals surface area contributed by atoms with E-state index < -0.39 is 6.17 Å². The summed E-state index contributed by atoms with van der Waals surface area (Å²) in [6.07, 6.45) is 4.73. The maximum absolute atomic E-state index is 12.8. The minimum atomic E-state index is -0.934. The number of halogens is 2. The van der Waals surface area contributed by atoms with Gasteiger partial charge in [-0.3, -0.25) is 4.79 Å². The van der Waals surface area contributed by atoms with Crippen LogP contribution in [0, 0.1) is 0 Å². The molecular formula is C17H16Cl2N4OS. The lowest BCUT2D eigenvalue weighted by atomic mass is 9.96. The van der Waals surface area contributed by atoms with E-state index in [4.69, 9.17) is 41.2 Å². The van der Waals surface area contributed by atoms with Gasteiger partial charge in [0.05, 0.1) is 11.4 Å². The maximum Gasteiger partial charge on any atom is 0.272 e. The first-order valence-electron chi connectivity index (χ1n) is 7.66. The highest BCUT2D eigenvalue weighted by atomic mass is 35.5. The number of carbonyl (C=O) groups excluding carboxylic acids is 1. The molecule has 0 saturated heterocycles. The number of rotatable bonds is 2. The smallest absolute Gasteiger partial charge is 0.272 e. The Kier molecular flexibility index (Phi) is 5.13. The van der Waals surface area contributed by atoms with E-state index in [9.17, 15) is 4.79 Å². The van der Waals surface area contributed by atoms with E-state index in [0.29, 0.717) is 21.5 Å². The second-order valence-electron chi connectivity index (χ2n) is 5.69. The number of hydrogen-bond acceptors (Lipinski definition) is 3. The van der Waals surface area contributed by atoms with Crippen molar-refractivity contribution >= 4 is 57.8 Å². The van der Waals surface area contributed by atoms with Crippen LogP contribution in [-0.2, 0) is 4.79 Å². The number of anilines is 1. The first-order chi connectivity index (χ1) is 11.9. The van der Waals surface area contributed by atoms with Gasteiger partial charge in [-0.05, 0) is 43.3 Å². The predicted octanol–water partition coefficient (Wildman–Crippen LogP) is 3.11. The number of thiocarbonyl (C=S) groups is 1. The molecule has 0 spiro atoms. The van der Waals surface area contributed by atoms with Gasteiger partial charge in [0.1, 0.15) is 0 Å². The van der Waals surface area contributed by atoms with E-state index in [0.717, 1.165) is 24.0 Å². The van der Waals surface area contributed by atoms with Crippen LogP contribution >= 0.6 is 35.4 Å². The molecule has 1 amide bonds. The SMILES string of the molecule is CN1C(=O)C(NC(N)=S)N=C(C2=CCCC=C2Cl)c2cc(Cl)ccc21. The predicted molar refractivity (Wildman–Crippen MR) is 106 cm³/mol. The Labute approximate surface area is 161 Å². The summed E-state index contributed by atoms with van der Waals surface area (Å²) in [7, 11) is 1.68. The van der Waals surface area contributed by atoms with Gasteiger partial charge in [-0.2, -0.15) is 0 Å². The number of fused-ring (bicyclic) bond motifs is 1. The van der Waals surface area contributed by atoms with Crippen molar-refractivity contribution in [2.45, 2.75) is 19.0 Å². The molecule has 3 N–H and O–H groups in total. The van der Waals surface area contributed by atoms with Crippen molar-refractivity contribution < 1.29 is 4.79 Å².